The Labute approximate surface area is 185 Å². The average molecular weight is 452 g/mol. The molecule has 0 saturated carbocycles. The minimum Gasteiger partial charge on any atom is -0.490 e. The molecule has 0 radical (unpaired) electrons. The van der Waals surface area contributed by atoms with Crippen molar-refractivity contribution in [1.29, 1.82) is 0 Å². The van der Waals surface area contributed by atoms with Crippen molar-refractivity contribution >= 4 is 44.9 Å². The highest BCUT2D eigenvalue weighted by atomic mass is 35.5. The van der Waals surface area contributed by atoms with E-state index in [2.05, 4.69) is 16.8 Å². The van der Waals surface area contributed by atoms with Gasteiger partial charge in [-0.2, -0.15) is 0 Å². The van der Waals surface area contributed by atoms with Crippen LogP contribution in [0.3, 0.4) is 0 Å². The molecule has 1 atom stereocenters. The zero-order chi connectivity index (χ0) is 21.5. The van der Waals surface area contributed by atoms with E-state index in [9.17, 15) is 9.59 Å². The number of carbonyl (C=O) groups is 1. The summed E-state index contributed by atoms with van der Waals surface area (Å²) in [6.07, 6.45) is 1.65. The molecule has 9 heteroatoms. The number of anilines is 1. The van der Waals surface area contributed by atoms with Crippen molar-refractivity contribution in [2.45, 2.75) is 6.04 Å². The summed E-state index contributed by atoms with van der Waals surface area (Å²) in [5.41, 5.74) is 2.47. The molecule has 1 unspecified atom stereocenters. The fraction of sp³-hybridized carbons (Fsp3) is 0.0909. The average Bonchev–Trinajstić information content (AvgIpc) is 3.40. The summed E-state index contributed by atoms with van der Waals surface area (Å²) in [4.78, 5) is 28.2. The van der Waals surface area contributed by atoms with Gasteiger partial charge in [0.25, 0.3) is 5.91 Å². The molecule has 3 heterocycles. The van der Waals surface area contributed by atoms with E-state index in [1.54, 1.807) is 48.5 Å². The molecule has 5 rings (SSSR count). The van der Waals surface area contributed by atoms with Crippen molar-refractivity contribution in [2.24, 2.45) is 0 Å². The van der Waals surface area contributed by atoms with Gasteiger partial charge in [0.05, 0.1) is 17.0 Å². The fourth-order valence-electron chi connectivity index (χ4n) is 3.63. The van der Waals surface area contributed by atoms with Crippen molar-refractivity contribution in [2.75, 3.05) is 11.5 Å². The number of carbonyl (C=O) groups excluding carboxylic acids is 1. The lowest BCUT2D eigenvalue weighted by atomic mass is 9.98. The molecule has 0 saturated heterocycles. The summed E-state index contributed by atoms with van der Waals surface area (Å²) in [6.45, 7) is 4.01. The van der Waals surface area contributed by atoms with Gasteiger partial charge in [0.15, 0.2) is 5.43 Å². The van der Waals surface area contributed by atoms with Gasteiger partial charge in [-0.05, 0) is 35.9 Å². The van der Waals surface area contributed by atoms with Gasteiger partial charge < -0.3 is 9.15 Å². The largest absolute Gasteiger partial charge is 0.490 e. The van der Waals surface area contributed by atoms with Crippen LogP contribution in [-0.4, -0.2) is 22.7 Å². The Morgan fingerprint density at radius 1 is 1.23 bits per heavy atom. The standard InChI is InChI=1S/C22H14ClN3O4S/c1-2-9-29-14-6-3-12(4-7-14)18-17-19(27)15-10-13(23)5-8-16(15)30-20(17)21(28)26(18)22-25-24-11-31-22/h2-8,10-11,18H,1,9H2. The first kappa shape index (κ1) is 19.5. The van der Waals surface area contributed by atoms with Crippen molar-refractivity contribution < 1.29 is 13.9 Å². The van der Waals surface area contributed by atoms with Crippen LogP contribution in [0.25, 0.3) is 11.0 Å². The molecular formula is C22H14ClN3O4S. The number of amides is 1. The maximum atomic E-state index is 13.5. The fourth-order valence-corrected chi connectivity index (χ4v) is 4.39. The van der Waals surface area contributed by atoms with E-state index in [1.165, 1.54) is 21.7 Å². The van der Waals surface area contributed by atoms with Crippen molar-refractivity contribution in [3.05, 3.63) is 92.8 Å². The second-order valence-corrected chi connectivity index (χ2v) is 8.03. The molecule has 1 amide bonds. The molecule has 31 heavy (non-hydrogen) atoms. The maximum absolute atomic E-state index is 13.5. The summed E-state index contributed by atoms with van der Waals surface area (Å²) in [6, 6.07) is 11.2. The number of fused-ring (bicyclic) bond motifs is 2. The Bertz CT molecular complexity index is 1370. The van der Waals surface area contributed by atoms with Gasteiger partial charge in [0.1, 0.15) is 23.4 Å². The molecule has 1 aliphatic rings. The Morgan fingerprint density at radius 2 is 2.03 bits per heavy atom. The number of aromatic nitrogens is 2. The van der Waals surface area contributed by atoms with E-state index in [0.29, 0.717) is 39.0 Å². The molecule has 0 spiro atoms. The Balaban J connectivity index is 1.72. The smallest absolute Gasteiger partial charge is 0.297 e. The van der Waals surface area contributed by atoms with Crippen molar-refractivity contribution in [3.63, 3.8) is 0 Å². The molecule has 0 bridgehead atoms. The molecule has 154 valence electrons. The molecule has 0 aliphatic carbocycles. The first-order chi connectivity index (χ1) is 15.1. The molecule has 0 fully saturated rings. The topological polar surface area (TPSA) is 85.5 Å². The van der Waals surface area contributed by atoms with Crippen LogP contribution in [-0.2, 0) is 0 Å². The Kier molecular flexibility index (Phi) is 4.80. The normalized spacial score (nSPS) is 15.3. The van der Waals surface area contributed by atoms with E-state index < -0.39 is 11.9 Å². The SMILES string of the molecule is C=CCOc1ccc(C2c3c(oc4ccc(Cl)cc4c3=O)C(=O)N2c2nncs2)cc1. The van der Waals surface area contributed by atoms with E-state index in [0.717, 1.165) is 0 Å². The molecule has 0 N–H and O–H groups in total. The minimum atomic E-state index is -0.719. The highest BCUT2D eigenvalue weighted by Crippen LogP contribution is 2.42. The van der Waals surface area contributed by atoms with Gasteiger partial charge in [0, 0.05) is 5.02 Å². The lowest BCUT2D eigenvalue weighted by Gasteiger charge is -2.22. The quantitative estimate of drug-likeness (QED) is 0.412. The van der Waals surface area contributed by atoms with Crippen LogP contribution >= 0.6 is 22.9 Å². The highest BCUT2D eigenvalue weighted by Gasteiger charge is 2.45. The van der Waals surface area contributed by atoms with Crippen LogP contribution in [0.1, 0.15) is 27.7 Å². The number of benzene rings is 2. The molecule has 2 aromatic heterocycles. The molecule has 1 aliphatic heterocycles. The molecular weight excluding hydrogens is 438 g/mol. The third-order valence-electron chi connectivity index (χ3n) is 4.95. The first-order valence-corrected chi connectivity index (χ1v) is 10.5. The summed E-state index contributed by atoms with van der Waals surface area (Å²) < 4.78 is 11.4. The molecule has 7 nitrogen and oxygen atoms in total. The zero-order valence-corrected chi connectivity index (χ0v) is 17.5. The first-order valence-electron chi connectivity index (χ1n) is 9.28. The lowest BCUT2D eigenvalue weighted by molar-refractivity contribution is 0.0970. The van der Waals surface area contributed by atoms with E-state index in [4.69, 9.17) is 20.8 Å². The second-order valence-electron chi connectivity index (χ2n) is 6.78. The van der Waals surface area contributed by atoms with E-state index >= 15 is 0 Å². The number of hydrogen-bond donors (Lipinski definition) is 0. The Morgan fingerprint density at radius 3 is 2.74 bits per heavy atom. The van der Waals surface area contributed by atoms with Gasteiger partial charge in [0.2, 0.25) is 10.9 Å². The van der Waals surface area contributed by atoms with Gasteiger partial charge >= 0.3 is 0 Å². The van der Waals surface area contributed by atoms with Gasteiger partial charge in [-0.15, -0.1) is 10.2 Å². The van der Waals surface area contributed by atoms with Crippen molar-refractivity contribution in [1.82, 2.24) is 10.2 Å². The number of rotatable bonds is 5. The lowest BCUT2D eigenvalue weighted by Crippen LogP contribution is -2.29. The number of halogens is 1. The Hall–Kier alpha value is -3.49. The van der Waals surface area contributed by atoms with Gasteiger partial charge in [-0.1, -0.05) is 47.7 Å². The van der Waals surface area contributed by atoms with Crippen LogP contribution in [0.15, 0.2) is 69.8 Å². The maximum Gasteiger partial charge on any atom is 0.297 e. The summed E-state index contributed by atoms with van der Waals surface area (Å²) >= 11 is 7.30. The highest BCUT2D eigenvalue weighted by molar-refractivity contribution is 7.13. The van der Waals surface area contributed by atoms with E-state index in [1.807, 2.05) is 0 Å². The molecule has 2 aromatic carbocycles. The van der Waals surface area contributed by atoms with Crippen LogP contribution in [0.5, 0.6) is 5.75 Å². The monoisotopic (exact) mass is 451 g/mol. The number of hydrogen-bond acceptors (Lipinski definition) is 7. The third kappa shape index (κ3) is 3.20. The second kappa shape index (κ2) is 7.64. The summed E-state index contributed by atoms with van der Waals surface area (Å²) in [7, 11) is 0. The molecule has 4 aromatic rings. The predicted molar refractivity (Wildman–Crippen MR) is 118 cm³/mol. The van der Waals surface area contributed by atoms with Crippen LogP contribution < -0.4 is 15.1 Å². The number of ether oxygens (including phenoxy) is 1. The van der Waals surface area contributed by atoms with Crippen LogP contribution in [0.4, 0.5) is 5.13 Å². The predicted octanol–water partition coefficient (Wildman–Crippen LogP) is 4.61. The third-order valence-corrected chi connectivity index (χ3v) is 5.87. The summed E-state index contributed by atoms with van der Waals surface area (Å²) in [5, 5.41) is 8.99. The van der Waals surface area contributed by atoms with Crippen LogP contribution in [0, 0.1) is 0 Å². The zero-order valence-electron chi connectivity index (χ0n) is 15.9. The van der Waals surface area contributed by atoms with Gasteiger partial charge in [-0.3, -0.25) is 14.5 Å². The van der Waals surface area contributed by atoms with Crippen LogP contribution in [0.2, 0.25) is 5.02 Å². The van der Waals surface area contributed by atoms with Crippen molar-refractivity contribution in [3.8, 4) is 5.75 Å². The van der Waals surface area contributed by atoms with Gasteiger partial charge in [-0.25, -0.2) is 0 Å². The minimum absolute atomic E-state index is 0.00740. The number of nitrogens with zero attached hydrogens (tertiary/aromatic N) is 3. The summed E-state index contributed by atoms with van der Waals surface area (Å²) in [5.74, 6) is 0.192. The van der Waals surface area contributed by atoms with E-state index in [-0.39, 0.29) is 16.8 Å².